The Morgan fingerprint density at radius 3 is 3.00 bits per heavy atom. The number of hydrogen-bond acceptors (Lipinski definition) is 3. The van der Waals surface area contributed by atoms with E-state index in [1.54, 1.807) is 0 Å². The van der Waals surface area contributed by atoms with Crippen LogP contribution in [0.1, 0.15) is 31.6 Å². The summed E-state index contributed by atoms with van der Waals surface area (Å²) < 4.78 is 11.4. The van der Waals surface area contributed by atoms with E-state index in [2.05, 4.69) is 0 Å². The summed E-state index contributed by atoms with van der Waals surface area (Å²) in [5.41, 5.74) is 6.97. The van der Waals surface area contributed by atoms with Gasteiger partial charge in [0.2, 0.25) is 0 Å². The first-order valence-corrected chi connectivity index (χ1v) is 6.20. The highest BCUT2D eigenvalue weighted by Gasteiger charge is 2.31. The zero-order valence-corrected chi connectivity index (χ0v) is 9.98. The van der Waals surface area contributed by atoms with Crippen molar-refractivity contribution in [3.05, 3.63) is 30.0 Å². The van der Waals surface area contributed by atoms with E-state index in [9.17, 15) is 0 Å². The third-order valence-corrected chi connectivity index (χ3v) is 3.29. The van der Waals surface area contributed by atoms with Crippen molar-refractivity contribution < 1.29 is 9.15 Å². The van der Waals surface area contributed by atoms with Crippen molar-refractivity contribution in [2.24, 2.45) is 11.7 Å². The summed E-state index contributed by atoms with van der Waals surface area (Å²) in [5, 5.41) is 1.07. The molecule has 3 rings (SSSR count). The zero-order chi connectivity index (χ0) is 11.8. The number of fused-ring (bicyclic) bond motifs is 1. The van der Waals surface area contributed by atoms with Crippen molar-refractivity contribution in [1.82, 2.24) is 0 Å². The normalized spacial score (nSPS) is 17.3. The number of hydrogen-bond donors (Lipinski definition) is 1. The van der Waals surface area contributed by atoms with Crippen LogP contribution in [0.25, 0.3) is 11.0 Å². The molecule has 0 amide bonds. The van der Waals surface area contributed by atoms with Gasteiger partial charge in [-0.1, -0.05) is 12.1 Å². The number of nitrogens with two attached hydrogens (primary N) is 1. The quantitative estimate of drug-likeness (QED) is 0.878. The molecule has 1 atom stereocenters. The van der Waals surface area contributed by atoms with Crippen LogP contribution in [0.2, 0.25) is 0 Å². The van der Waals surface area contributed by atoms with Gasteiger partial charge in [-0.25, -0.2) is 0 Å². The van der Waals surface area contributed by atoms with Gasteiger partial charge in [-0.15, -0.1) is 0 Å². The largest absolute Gasteiger partial charge is 0.490 e. The molecule has 17 heavy (non-hydrogen) atoms. The summed E-state index contributed by atoms with van der Waals surface area (Å²) in [6, 6.07) is 8.03. The van der Waals surface area contributed by atoms with Crippen molar-refractivity contribution in [2.45, 2.75) is 25.8 Å². The van der Waals surface area contributed by atoms with Crippen LogP contribution in [-0.2, 0) is 0 Å². The molecule has 3 heteroatoms. The maximum Gasteiger partial charge on any atom is 0.176 e. The third kappa shape index (κ3) is 1.91. The molecule has 0 saturated heterocycles. The second-order valence-electron chi connectivity index (χ2n) is 4.62. The van der Waals surface area contributed by atoms with Gasteiger partial charge in [-0.05, 0) is 37.8 Å². The first-order chi connectivity index (χ1) is 8.29. The molecule has 0 aliphatic heterocycles. The van der Waals surface area contributed by atoms with E-state index in [1.165, 1.54) is 12.8 Å². The Morgan fingerprint density at radius 2 is 2.29 bits per heavy atom. The first-order valence-electron chi connectivity index (χ1n) is 6.20. The fourth-order valence-electron chi connectivity index (χ4n) is 2.18. The average molecular weight is 231 g/mol. The molecule has 1 aliphatic carbocycles. The molecular formula is C14H17NO2. The lowest BCUT2D eigenvalue weighted by molar-refractivity contribution is 0.336. The Balaban J connectivity index is 2.02. The van der Waals surface area contributed by atoms with E-state index >= 15 is 0 Å². The number of benzene rings is 1. The van der Waals surface area contributed by atoms with Gasteiger partial charge in [0.05, 0.1) is 12.6 Å². The van der Waals surface area contributed by atoms with Crippen molar-refractivity contribution in [3.8, 4) is 5.75 Å². The molecule has 2 N–H and O–H groups in total. The highest BCUT2D eigenvalue weighted by atomic mass is 16.5. The summed E-state index contributed by atoms with van der Waals surface area (Å²) >= 11 is 0. The molecule has 0 spiro atoms. The molecule has 0 radical (unpaired) electrons. The molecule has 90 valence electrons. The van der Waals surface area contributed by atoms with Crippen molar-refractivity contribution >= 4 is 11.0 Å². The number of rotatable bonds is 4. The third-order valence-electron chi connectivity index (χ3n) is 3.29. The Morgan fingerprint density at radius 1 is 1.47 bits per heavy atom. The van der Waals surface area contributed by atoms with E-state index in [4.69, 9.17) is 14.9 Å². The second kappa shape index (κ2) is 4.08. The van der Waals surface area contributed by atoms with Gasteiger partial charge in [0, 0.05) is 5.39 Å². The van der Waals surface area contributed by atoms with Gasteiger partial charge in [0.1, 0.15) is 5.76 Å². The monoisotopic (exact) mass is 231 g/mol. The van der Waals surface area contributed by atoms with Crippen molar-refractivity contribution in [1.29, 1.82) is 0 Å². The van der Waals surface area contributed by atoms with Crippen molar-refractivity contribution in [3.63, 3.8) is 0 Å². The van der Waals surface area contributed by atoms with Gasteiger partial charge >= 0.3 is 0 Å². The van der Waals surface area contributed by atoms with Crippen LogP contribution >= 0.6 is 0 Å². The molecule has 0 bridgehead atoms. The summed E-state index contributed by atoms with van der Waals surface area (Å²) in [6.07, 6.45) is 2.44. The molecule has 2 aromatic rings. The lowest BCUT2D eigenvalue weighted by Gasteiger charge is -2.05. The van der Waals surface area contributed by atoms with Crippen molar-refractivity contribution in [2.75, 3.05) is 6.61 Å². The van der Waals surface area contributed by atoms with Gasteiger partial charge in [-0.3, -0.25) is 0 Å². The molecule has 1 saturated carbocycles. The molecule has 1 unspecified atom stereocenters. The van der Waals surface area contributed by atoms with Gasteiger partial charge in [-0.2, -0.15) is 0 Å². The van der Waals surface area contributed by atoms with Crippen LogP contribution in [0.5, 0.6) is 5.75 Å². The van der Waals surface area contributed by atoms with E-state index in [0.717, 1.165) is 22.5 Å². The maximum atomic E-state index is 6.15. The number of para-hydroxylation sites is 1. The van der Waals surface area contributed by atoms with Crippen LogP contribution in [0.3, 0.4) is 0 Å². The molecular weight excluding hydrogens is 214 g/mol. The van der Waals surface area contributed by atoms with E-state index < -0.39 is 0 Å². The van der Waals surface area contributed by atoms with Gasteiger partial charge in [0.15, 0.2) is 11.3 Å². The highest BCUT2D eigenvalue weighted by Crippen LogP contribution is 2.41. The van der Waals surface area contributed by atoms with Crippen LogP contribution in [0.15, 0.2) is 28.7 Å². The standard InChI is InChI=1S/C14H17NO2/c1-2-16-11-5-3-4-10-8-12(17-14(10)11)13(15)9-6-7-9/h3-5,8-9,13H,2,6-7,15H2,1H3. The number of ether oxygens (including phenoxy) is 1. The molecule has 1 aliphatic rings. The minimum atomic E-state index is 0.0388. The molecule has 1 aromatic heterocycles. The second-order valence-corrected chi connectivity index (χ2v) is 4.62. The number of furan rings is 1. The smallest absolute Gasteiger partial charge is 0.176 e. The van der Waals surface area contributed by atoms with Crippen LogP contribution in [0, 0.1) is 5.92 Å². The topological polar surface area (TPSA) is 48.4 Å². The zero-order valence-electron chi connectivity index (χ0n) is 9.98. The summed E-state index contributed by atoms with van der Waals surface area (Å²) in [7, 11) is 0. The van der Waals surface area contributed by atoms with Gasteiger partial charge in [0.25, 0.3) is 0 Å². The lowest BCUT2D eigenvalue weighted by atomic mass is 10.1. The summed E-state index contributed by atoms with van der Waals surface area (Å²) in [6.45, 7) is 2.61. The first kappa shape index (κ1) is 10.7. The van der Waals surface area contributed by atoms with Crippen LogP contribution in [-0.4, -0.2) is 6.61 Å². The van der Waals surface area contributed by atoms with Crippen LogP contribution in [0.4, 0.5) is 0 Å². The van der Waals surface area contributed by atoms with E-state index in [1.807, 2.05) is 31.2 Å². The predicted molar refractivity (Wildman–Crippen MR) is 67.0 cm³/mol. The Hall–Kier alpha value is -1.48. The Kier molecular flexibility index (Phi) is 2.56. The molecule has 1 heterocycles. The maximum absolute atomic E-state index is 6.15. The fraction of sp³-hybridized carbons (Fsp3) is 0.429. The fourth-order valence-corrected chi connectivity index (χ4v) is 2.18. The van der Waals surface area contributed by atoms with E-state index in [-0.39, 0.29) is 6.04 Å². The van der Waals surface area contributed by atoms with Crippen LogP contribution < -0.4 is 10.5 Å². The Labute approximate surface area is 101 Å². The SMILES string of the molecule is CCOc1cccc2cc(C(N)C3CC3)oc12. The molecule has 1 aromatic carbocycles. The lowest BCUT2D eigenvalue weighted by Crippen LogP contribution is -2.10. The summed E-state index contributed by atoms with van der Waals surface area (Å²) in [5.74, 6) is 2.29. The van der Waals surface area contributed by atoms with Gasteiger partial charge < -0.3 is 14.9 Å². The Bertz CT molecular complexity index is 528. The predicted octanol–water partition coefficient (Wildman–Crippen LogP) is 3.24. The molecule has 3 nitrogen and oxygen atoms in total. The molecule has 1 fully saturated rings. The summed E-state index contributed by atoms with van der Waals surface area (Å²) in [4.78, 5) is 0. The minimum Gasteiger partial charge on any atom is -0.490 e. The average Bonchev–Trinajstić information content (AvgIpc) is 3.08. The minimum absolute atomic E-state index is 0.0388. The van der Waals surface area contributed by atoms with E-state index in [0.29, 0.717) is 12.5 Å². The highest BCUT2D eigenvalue weighted by molar-refractivity contribution is 5.83.